The average Bonchev–Trinajstić information content (AvgIpc) is 3.02. The zero-order chi connectivity index (χ0) is 33.1. The second-order valence-electron chi connectivity index (χ2n) is 12.0. The normalized spacial score (nSPS) is 25.6. The van der Waals surface area contributed by atoms with E-state index in [1.165, 1.54) is 23.6 Å². The number of ether oxygens (including phenoxy) is 3. The highest BCUT2D eigenvalue weighted by molar-refractivity contribution is 8.00. The zero-order valence-corrected chi connectivity index (χ0v) is 26.9. The van der Waals surface area contributed by atoms with Crippen molar-refractivity contribution in [3.63, 3.8) is 0 Å². The number of hydrogen-bond acceptors (Lipinski definition) is 12. The molecule has 3 aromatic carbocycles. The van der Waals surface area contributed by atoms with Crippen LogP contribution in [0, 0.1) is 0 Å². The maximum atomic E-state index is 13.7. The molecule has 6 rings (SSSR count). The van der Waals surface area contributed by atoms with Crippen molar-refractivity contribution in [2.75, 3.05) is 55.2 Å². The summed E-state index contributed by atoms with van der Waals surface area (Å²) in [5, 5.41) is 33.3. The number of carbonyl (C=O) groups is 2. The van der Waals surface area contributed by atoms with Crippen LogP contribution in [0.5, 0.6) is 5.75 Å². The molecule has 1 aliphatic carbocycles. The highest BCUT2D eigenvalue weighted by Gasteiger charge is 2.86. The Kier molecular flexibility index (Phi) is 7.97. The fourth-order valence-electron chi connectivity index (χ4n) is 6.28. The summed E-state index contributed by atoms with van der Waals surface area (Å²) in [6, 6.07) is 16.3. The molecule has 3 aromatic rings. The fourth-order valence-corrected chi connectivity index (χ4v) is 7.42. The Labute approximate surface area is 270 Å². The largest absolute Gasteiger partial charge is 0.462 e. The summed E-state index contributed by atoms with van der Waals surface area (Å²) in [5.74, 6) is -0.140. The number of carbonyl (C=O) groups excluding carboxylic acids is 2. The molecule has 244 valence electrons. The van der Waals surface area contributed by atoms with E-state index in [-0.39, 0.29) is 6.61 Å². The summed E-state index contributed by atoms with van der Waals surface area (Å²) in [4.78, 5) is 32.7. The van der Waals surface area contributed by atoms with Crippen LogP contribution in [0.25, 0.3) is 0 Å². The molecule has 3 aliphatic rings. The fraction of sp³-hybridized carbons (Fsp3) is 0.375. The van der Waals surface area contributed by atoms with E-state index < -0.39 is 48.2 Å². The lowest BCUT2D eigenvalue weighted by Gasteiger charge is -2.72. The van der Waals surface area contributed by atoms with E-state index in [4.69, 9.17) is 19.9 Å². The maximum absolute atomic E-state index is 13.7. The third-order valence-electron chi connectivity index (χ3n) is 8.75. The zero-order valence-electron chi connectivity index (χ0n) is 26.1. The Bertz CT molecular complexity index is 1690. The molecule has 2 aliphatic heterocycles. The molecule has 5 unspecified atom stereocenters. The quantitative estimate of drug-likeness (QED) is 0.226. The number of fused-ring (bicyclic) bond motifs is 3. The van der Waals surface area contributed by atoms with Gasteiger partial charge in [-0.05, 0) is 48.0 Å². The van der Waals surface area contributed by atoms with E-state index in [0.29, 0.717) is 28.4 Å². The SMILES string of the molecule is CC(=O)NC12C(Oc3ccc(COC(=O)N4c5ccc(N(C)C)cc5Sc5c4ccc(N(C)C)c5N)cc3)OC1(CO)C(O)C2O. The summed E-state index contributed by atoms with van der Waals surface area (Å²) in [6.07, 6.45) is -4.52. The highest BCUT2D eigenvalue weighted by atomic mass is 32.2. The summed E-state index contributed by atoms with van der Waals surface area (Å²) < 4.78 is 17.4. The number of nitrogen functional groups attached to an aromatic ring is 1. The number of aliphatic hydroxyl groups excluding tert-OH is 3. The van der Waals surface area contributed by atoms with Crippen molar-refractivity contribution in [2.24, 2.45) is 0 Å². The van der Waals surface area contributed by atoms with E-state index in [1.807, 2.05) is 68.3 Å². The molecular weight excluding hydrogens is 614 g/mol. The van der Waals surface area contributed by atoms with Crippen LogP contribution in [-0.4, -0.2) is 91.8 Å². The van der Waals surface area contributed by atoms with Gasteiger partial charge < -0.3 is 50.4 Å². The lowest BCUT2D eigenvalue weighted by Crippen LogP contribution is -3.00. The van der Waals surface area contributed by atoms with Crippen LogP contribution in [0.4, 0.5) is 33.2 Å². The van der Waals surface area contributed by atoms with Crippen molar-refractivity contribution >= 4 is 52.2 Å². The van der Waals surface area contributed by atoms with Crippen LogP contribution in [0.2, 0.25) is 0 Å². The molecule has 6 N–H and O–H groups in total. The number of anilines is 5. The van der Waals surface area contributed by atoms with Crippen LogP contribution in [0.1, 0.15) is 12.5 Å². The molecular formula is C32H37N5O8S. The highest BCUT2D eigenvalue weighted by Crippen LogP contribution is 2.58. The van der Waals surface area contributed by atoms with Crippen molar-refractivity contribution < 1.29 is 39.1 Å². The third kappa shape index (κ3) is 4.71. The van der Waals surface area contributed by atoms with Crippen LogP contribution >= 0.6 is 11.8 Å². The van der Waals surface area contributed by atoms with Gasteiger partial charge >= 0.3 is 6.09 Å². The molecule has 5 atom stereocenters. The Morgan fingerprint density at radius 1 is 1.02 bits per heavy atom. The predicted molar refractivity (Wildman–Crippen MR) is 173 cm³/mol. The minimum Gasteiger partial charge on any atom is -0.462 e. The van der Waals surface area contributed by atoms with E-state index in [0.717, 1.165) is 21.2 Å². The number of nitrogens with one attached hydrogen (secondary N) is 1. The number of nitrogens with zero attached hydrogens (tertiary/aromatic N) is 3. The average molecular weight is 652 g/mol. The van der Waals surface area contributed by atoms with Crippen LogP contribution in [-0.2, 0) is 20.9 Å². The number of aliphatic hydroxyl groups is 3. The minimum atomic E-state index is -1.56. The molecule has 1 saturated carbocycles. The lowest BCUT2D eigenvalue weighted by atomic mass is 9.53. The predicted octanol–water partition coefficient (Wildman–Crippen LogP) is 2.42. The standard InChI is InChI=1S/C32H37N5O8S/c1-17(39)34-32-28(41)27(40)31(32,16-38)45-29(32)44-20-9-6-18(7-10-20)15-43-30(42)37-21-11-8-19(35(2)3)14-24(21)46-26-23(37)13-12-22(25(26)33)36(4)5/h6-14,27-29,38,40-41H,15-16,33H2,1-5H3,(H,34,39). The molecule has 2 amide bonds. The van der Waals surface area contributed by atoms with Crippen molar-refractivity contribution in [3.05, 3.63) is 60.2 Å². The monoisotopic (exact) mass is 651 g/mol. The van der Waals surface area contributed by atoms with Gasteiger partial charge in [-0.2, -0.15) is 0 Å². The molecule has 46 heavy (non-hydrogen) atoms. The topological polar surface area (TPSA) is 170 Å². The molecule has 0 radical (unpaired) electrons. The van der Waals surface area contributed by atoms with Gasteiger partial charge in [-0.1, -0.05) is 23.9 Å². The van der Waals surface area contributed by atoms with Crippen molar-refractivity contribution in [1.82, 2.24) is 5.32 Å². The first-order valence-electron chi connectivity index (χ1n) is 14.6. The number of rotatable bonds is 8. The second-order valence-corrected chi connectivity index (χ2v) is 13.0. The van der Waals surface area contributed by atoms with Gasteiger partial charge in [0.25, 0.3) is 0 Å². The maximum Gasteiger partial charge on any atom is 0.419 e. The molecule has 13 nitrogen and oxygen atoms in total. The van der Waals surface area contributed by atoms with E-state index in [9.17, 15) is 24.9 Å². The summed E-state index contributed by atoms with van der Waals surface area (Å²) in [6.45, 7) is 0.597. The summed E-state index contributed by atoms with van der Waals surface area (Å²) in [5.41, 5.74) is 7.90. The summed E-state index contributed by atoms with van der Waals surface area (Å²) >= 11 is 1.51. The number of benzene rings is 3. The molecule has 0 spiro atoms. The number of nitrogens with two attached hydrogens (primary N) is 1. The Morgan fingerprint density at radius 3 is 2.35 bits per heavy atom. The van der Waals surface area contributed by atoms with Crippen LogP contribution in [0.3, 0.4) is 0 Å². The van der Waals surface area contributed by atoms with Crippen LogP contribution in [0.15, 0.2) is 64.4 Å². The van der Waals surface area contributed by atoms with Gasteiger partial charge in [-0.3, -0.25) is 4.79 Å². The van der Waals surface area contributed by atoms with Gasteiger partial charge in [-0.25, -0.2) is 9.69 Å². The summed E-state index contributed by atoms with van der Waals surface area (Å²) in [7, 11) is 7.73. The van der Waals surface area contributed by atoms with Crippen molar-refractivity contribution in [3.8, 4) is 5.75 Å². The van der Waals surface area contributed by atoms with E-state index in [1.54, 1.807) is 24.3 Å². The third-order valence-corrected chi connectivity index (χ3v) is 9.93. The Hall–Kier alpha value is -4.21. The van der Waals surface area contributed by atoms with Crippen molar-refractivity contribution in [2.45, 2.75) is 53.0 Å². The molecule has 2 heterocycles. The minimum absolute atomic E-state index is 0.0389. The van der Waals surface area contributed by atoms with Gasteiger partial charge in [0.1, 0.15) is 24.6 Å². The smallest absolute Gasteiger partial charge is 0.419 e. The van der Waals surface area contributed by atoms with Crippen molar-refractivity contribution in [1.29, 1.82) is 0 Å². The lowest BCUT2D eigenvalue weighted by molar-refractivity contribution is -0.461. The van der Waals surface area contributed by atoms with Gasteiger partial charge in [0.2, 0.25) is 12.2 Å². The van der Waals surface area contributed by atoms with E-state index >= 15 is 0 Å². The number of hydrogen-bond donors (Lipinski definition) is 5. The Morgan fingerprint density at radius 2 is 1.72 bits per heavy atom. The van der Waals surface area contributed by atoms with Gasteiger partial charge in [0.05, 0.1) is 34.3 Å². The van der Waals surface area contributed by atoms with Crippen LogP contribution < -0.4 is 30.5 Å². The molecule has 1 saturated heterocycles. The molecule has 0 bridgehead atoms. The number of amides is 2. The first-order valence-corrected chi connectivity index (χ1v) is 15.4. The van der Waals surface area contributed by atoms with Gasteiger partial charge in [0.15, 0.2) is 11.1 Å². The first-order chi connectivity index (χ1) is 21.8. The Balaban J connectivity index is 1.19. The molecule has 2 fully saturated rings. The van der Waals surface area contributed by atoms with Gasteiger partial charge in [-0.15, -0.1) is 0 Å². The van der Waals surface area contributed by atoms with E-state index in [2.05, 4.69) is 5.32 Å². The second kappa shape index (κ2) is 11.5. The molecule has 14 heteroatoms. The van der Waals surface area contributed by atoms with Gasteiger partial charge in [0, 0.05) is 45.7 Å². The molecule has 0 aromatic heterocycles. The first kappa shape index (κ1) is 31.8.